The normalized spacial score (nSPS) is 25.5. The first kappa shape index (κ1) is 15.3. The van der Waals surface area contributed by atoms with Crippen molar-refractivity contribution in [2.75, 3.05) is 13.1 Å². The molecule has 1 aromatic heterocycles. The van der Waals surface area contributed by atoms with E-state index in [-0.39, 0.29) is 12.5 Å². The zero-order valence-corrected chi connectivity index (χ0v) is 13.8. The number of aliphatic hydroxyl groups is 1. The van der Waals surface area contributed by atoms with E-state index in [0.717, 1.165) is 30.4 Å². The van der Waals surface area contributed by atoms with E-state index < -0.39 is 11.0 Å². The van der Waals surface area contributed by atoms with Crippen LogP contribution in [0.15, 0.2) is 30.5 Å². The standard InChI is InChI=1S/C18H22N4O2/c1-13-5-2-3-6-14(13)17(8-9-17)16(23)22-10-4-7-18(24,12-22)15-11-19-21-20-15/h2-3,5-6,11,24H,4,7-10,12H2,1H3,(H,19,20,21)/t18-/m1/s1. The van der Waals surface area contributed by atoms with Gasteiger partial charge in [-0.1, -0.05) is 24.3 Å². The molecule has 6 nitrogen and oxygen atoms in total. The van der Waals surface area contributed by atoms with Crippen LogP contribution in [0, 0.1) is 6.92 Å². The molecule has 1 amide bonds. The Kier molecular flexibility index (Phi) is 3.46. The number of hydrogen-bond acceptors (Lipinski definition) is 4. The molecule has 0 radical (unpaired) electrons. The van der Waals surface area contributed by atoms with Crippen LogP contribution in [0.3, 0.4) is 0 Å². The molecule has 2 aromatic rings. The van der Waals surface area contributed by atoms with Gasteiger partial charge >= 0.3 is 0 Å². The number of aromatic amines is 1. The van der Waals surface area contributed by atoms with E-state index >= 15 is 0 Å². The average Bonchev–Trinajstić information content (AvgIpc) is 3.18. The molecule has 1 aliphatic carbocycles. The van der Waals surface area contributed by atoms with Crippen molar-refractivity contribution in [3.05, 3.63) is 47.3 Å². The van der Waals surface area contributed by atoms with Crippen molar-refractivity contribution >= 4 is 5.91 Å². The van der Waals surface area contributed by atoms with E-state index in [9.17, 15) is 9.90 Å². The topological polar surface area (TPSA) is 82.1 Å². The lowest BCUT2D eigenvalue weighted by molar-refractivity contribution is -0.141. The van der Waals surface area contributed by atoms with Crippen molar-refractivity contribution in [2.45, 2.75) is 43.6 Å². The molecule has 24 heavy (non-hydrogen) atoms. The lowest BCUT2D eigenvalue weighted by atomic mass is 9.86. The second-order valence-electron chi connectivity index (χ2n) is 7.11. The minimum atomic E-state index is -1.11. The fourth-order valence-corrected chi connectivity index (χ4v) is 3.98. The fourth-order valence-electron chi connectivity index (χ4n) is 3.98. The first-order valence-electron chi connectivity index (χ1n) is 8.49. The summed E-state index contributed by atoms with van der Waals surface area (Å²) in [6, 6.07) is 8.12. The lowest BCUT2D eigenvalue weighted by Crippen LogP contribution is -2.51. The third-order valence-electron chi connectivity index (χ3n) is 5.47. The number of rotatable bonds is 3. The highest BCUT2D eigenvalue weighted by Gasteiger charge is 2.55. The Morgan fingerprint density at radius 1 is 1.29 bits per heavy atom. The summed E-state index contributed by atoms with van der Waals surface area (Å²) >= 11 is 0. The van der Waals surface area contributed by atoms with Gasteiger partial charge in [-0.05, 0) is 43.7 Å². The summed E-state index contributed by atoms with van der Waals surface area (Å²) in [6.07, 6.45) is 4.67. The van der Waals surface area contributed by atoms with Gasteiger partial charge in [0.1, 0.15) is 11.3 Å². The molecule has 4 rings (SSSR count). The summed E-state index contributed by atoms with van der Waals surface area (Å²) < 4.78 is 0. The van der Waals surface area contributed by atoms with Gasteiger partial charge in [0, 0.05) is 6.54 Å². The number of carbonyl (C=O) groups is 1. The summed E-state index contributed by atoms with van der Waals surface area (Å²) in [4.78, 5) is 15.1. The van der Waals surface area contributed by atoms with Crippen LogP contribution >= 0.6 is 0 Å². The van der Waals surface area contributed by atoms with Gasteiger partial charge in [0.2, 0.25) is 5.91 Å². The van der Waals surface area contributed by atoms with Crippen LogP contribution < -0.4 is 0 Å². The number of hydrogen-bond donors (Lipinski definition) is 2. The summed E-state index contributed by atoms with van der Waals surface area (Å²) in [5.74, 6) is 0.137. The van der Waals surface area contributed by atoms with E-state index in [2.05, 4.69) is 34.5 Å². The molecular weight excluding hydrogens is 304 g/mol. The number of aromatic nitrogens is 3. The molecule has 2 N–H and O–H groups in total. The lowest BCUT2D eigenvalue weighted by Gasteiger charge is -2.39. The van der Waals surface area contributed by atoms with Gasteiger partial charge in [0.25, 0.3) is 0 Å². The van der Waals surface area contributed by atoms with Crippen LogP contribution in [-0.2, 0) is 15.8 Å². The van der Waals surface area contributed by atoms with Gasteiger partial charge in [0.05, 0.1) is 18.2 Å². The predicted octanol–water partition coefficient (Wildman–Crippen LogP) is 1.65. The number of β-amino-alcohol motifs (C(OH)–C–C–N with tert-alkyl or cyclic N) is 1. The highest BCUT2D eigenvalue weighted by atomic mass is 16.3. The number of benzene rings is 1. The molecule has 6 heteroatoms. The predicted molar refractivity (Wildman–Crippen MR) is 88.2 cm³/mol. The van der Waals surface area contributed by atoms with E-state index in [1.165, 1.54) is 0 Å². The SMILES string of the molecule is Cc1ccccc1C1(C(=O)N2CCC[C@](O)(c3cn[nH]n3)C2)CC1. The molecule has 2 fully saturated rings. The van der Waals surface area contributed by atoms with E-state index in [1.807, 2.05) is 17.0 Å². The smallest absolute Gasteiger partial charge is 0.233 e. The first-order valence-corrected chi connectivity index (χ1v) is 8.49. The summed E-state index contributed by atoms with van der Waals surface area (Å²) in [7, 11) is 0. The molecular formula is C18H22N4O2. The van der Waals surface area contributed by atoms with Crippen molar-refractivity contribution < 1.29 is 9.90 Å². The van der Waals surface area contributed by atoms with Crippen LogP contribution in [0.1, 0.15) is 42.5 Å². The zero-order valence-electron chi connectivity index (χ0n) is 13.8. The van der Waals surface area contributed by atoms with E-state index in [4.69, 9.17) is 0 Å². The third-order valence-corrected chi connectivity index (χ3v) is 5.47. The molecule has 1 aliphatic heterocycles. The van der Waals surface area contributed by atoms with Crippen molar-refractivity contribution in [1.82, 2.24) is 20.3 Å². The quantitative estimate of drug-likeness (QED) is 0.898. The second kappa shape index (κ2) is 5.41. The number of carbonyl (C=O) groups excluding carboxylic acids is 1. The summed E-state index contributed by atoms with van der Waals surface area (Å²) in [5, 5.41) is 21.3. The van der Waals surface area contributed by atoms with Crippen LogP contribution in [0.5, 0.6) is 0 Å². The number of amides is 1. The maximum Gasteiger partial charge on any atom is 0.233 e. The van der Waals surface area contributed by atoms with Gasteiger partial charge in [-0.15, -0.1) is 0 Å². The molecule has 126 valence electrons. The monoisotopic (exact) mass is 326 g/mol. The van der Waals surface area contributed by atoms with Crippen molar-refractivity contribution in [3.63, 3.8) is 0 Å². The maximum absolute atomic E-state index is 13.3. The number of nitrogens with one attached hydrogen (secondary N) is 1. The summed E-state index contributed by atoms with van der Waals surface area (Å²) in [6.45, 7) is 3.03. The summed E-state index contributed by atoms with van der Waals surface area (Å²) in [5.41, 5.74) is 1.30. The Bertz CT molecular complexity index is 754. The third kappa shape index (κ3) is 2.33. The van der Waals surface area contributed by atoms with Crippen LogP contribution in [0.4, 0.5) is 0 Å². The fraction of sp³-hybridized carbons (Fsp3) is 0.500. The molecule has 0 spiro atoms. The number of piperidine rings is 1. The van der Waals surface area contributed by atoms with E-state index in [1.54, 1.807) is 6.20 Å². The Morgan fingerprint density at radius 2 is 2.08 bits per heavy atom. The number of aryl methyl sites for hydroxylation is 1. The van der Waals surface area contributed by atoms with Crippen LogP contribution in [-0.4, -0.2) is 44.4 Å². The largest absolute Gasteiger partial charge is 0.382 e. The number of H-pyrrole nitrogens is 1. The highest BCUT2D eigenvalue weighted by Crippen LogP contribution is 2.51. The van der Waals surface area contributed by atoms with E-state index in [0.29, 0.717) is 18.7 Å². The van der Waals surface area contributed by atoms with Gasteiger partial charge in [-0.3, -0.25) is 4.79 Å². The molecule has 0 unspecified atom stereocenters. The average molecular weight is 326 g/mol. The molecule has 1 saturated carbocycles. The Hall–Kier alpha value is -2.21. The maximum atomic E-state index is 13.3. The Morgan fingerprint density at radius 3 is 2.75 bits per heavy atom. The molecule has 2 heterocycles. The van der Waals surface area contributed by atoms with Crippen molar-refractivity contribution in [2.24, 2.45) is 0 Å². The molecule has 0 bridgehead atoms. The molecule has 2 aliphatic rings. The Labute approximate surface area is 140 Å². The molecule has 1 aromatic carbocycles. The second-order valence-corrected chi connectivity index (χ2v) is 7.11. The Balaban J connectivity index is 1.60. The molecule has 1 saturated heterocycles. The van der Waals surface area contributed by atoms with Gasteiger partial charge < -0.3 is 10.0 Å². The van der Waals surface area contributed by atoms with Crippen molar-refractivity contribution in [3.8, 4) is 0 Å². The zero-order chi connectivity index (χ0) is 16.8. The minimum Gasteiger partial charge on any atom is -0.382 e. The van der Waals surface area contributed by atoms with Crippen LogP contribution in [0.2, 0.25) is 0 Å². The van der Waals surface area contributed by atoms with Gasteiger partial charge in [-0.2, -0.15) is 15.4 Å². The number of likely N-dealkylation sites (tertiary alicyclic amines) is 1. The van der Waals surface area contributed by atoms with Gasteiger partial charge in [-0.25, -0.2) is 0 Å². The first-order chi connectivity index (χ1) is 11.6. The van der Waals surface area contributed by atoms with Gasteiger partial charge in [0.15, 0.2) is 0 Å². The number of nitrogens with zero attached hydrogens (tertiary/aromatic N) is 3. The van der Waals surface area contributed by atoms with Crippen molar-refractivity contribution in [1.29, 1.82) is 0 Å². The minimum absolute atomic E-state index is 0.137. The highest BCUT2D eigenvalue weighted by molar-refractivity contribution is 5.92. The molecule has 1 atom stereocenters. The van der Waals surface area contributed by atoms with Crippen LogP contribution in [0.25, 0.3) is 0 Å².